The van der Waals surface area contributed by atoms with Gasteiger partial charge >= 0.3 is 0 Å². The molecular formula is C13H12Cl2N2OS. The highest BCUT2D eigenvalue weighted by Gasteiger charge is 2.21. The Labute approximate surface area is 125 Å². The van der Waals surface area contributed by atoms with Gasteiger partial charge in [0.05, 0.1) is 21.3 Å². The molecule has 1 aromatic carbocycles. The van der Waals surface area contributed by atoms with Crippen LogP contribution in [-0.4, -0.2) is 6.61 Å². The average molecular weight is 315 g/mol. The van der Waals surface area contributed by atoms with Crippen LogP contribution in [0.25, 0.3) is 0 Å². The number of ether oxygens (including phenoxy) is 1. The molecule has 0 bridgehead atoms. The van der Waals surface area contributed by atoms with Crippen molar-refractivity contribution in [3.63, 3.8) is 0 Å². The first-order valence-corrected chi connectivity index (χ1v) is 7.43. The van der Waals surface area contributed by atoms with Crippen LogP contribution in [0.5, 0.6) is 5.75 Å². The van der Waals surface area contributed by atoms with Gasteiger partial charge in [-0.05, 0) is 23.3 Å². The summed E-state index contributed by atoms with van der Waals surface area (Å²) in [5.41, 5.74) is 5.97. The number of benzene rings is 1. The molecule has 0 saturated carbocycles. The van der Waals surface area contributed by atoms with Crippen LogP contribution in [0.2, 0.25) is 8.67 Å². The minimum Gasteiger partial charge on any atom is -0.493 e. The molecule has 0 amide bonds. The minimum atomic E-state index is -0.165. The van der Waals surface area contributed by atoms with Gasteiger partial charge in [0.25, 0.3) is 0 Å². The first kappa shape index (κ1) is 13.2. The summed E-state index contributed by atoms with van der Waals surface area (Å²) in [5.74, 6) is 6.63. The second kappa shape index (κ2) is 5.31. The number of fused-ring (bicyclic) bond motifs is 1. The van der Waals surface area contributed by atoms with Gasteiger partial charge in [0.1, 0.15) is 5.75 Å². The topological polar surface area (TPSA) is 47.3 Å². The Bertz CT molecular complexity index is 615. The zero-order valence-corrected chi connectivity index (χ0v) is 12.3. The van der Waals surface area contributed by atoms with E-state index >= 15 is 0 Å². The van der Waals surface area contributed by atoms with Gasteiger partial charge in [-0.25, -0.2) is 5.43 Å². The Balaban J connectivity index is 2.00. The van der Waals surface area contributed by atoms with Crippen molar-refractivity contribution in [2.45, 2.75) is 12.5 Å². The van der Waals surface area contributed by atoms with Crippen LogP contribution >= 0.6 is 34.5 Å². The SMILES string of the molecule is NNC(c1ccc2c(c1)CCO2)c1cc(Cl)sc1Cl. The van der Waals surface area contributed by atoms with E-state index in [9.17, 15) is 0 Å². The van der Waals surface area contributed by atoms with Crippen molar-refractivity contribution in [2.75, 3.05) is 6.61 Å². The number of hydrogen-bond acceptors (Lipinski definition) is 4. The summed E-state index contributed by atoms with van der Waals surface area (Å²) in [7, 11) is 0. The second-order valence-electron chi connectivity index (χ2n) is 4.34. The Morgan fingerprint density at radius 3 is 2.84 bits per heavy atom. The fourth-order valence-electron chi connectivity index (χ4n) is 2.30. The third-order valence-corrected chi connectivity index (χ3v) is 4.73. The molecule has 19 heavy (non-hydrogen) atoms. The maximum Gasteiger partial charge on any atom is 0.122 e. The summed E-state index contributed by atoms with van der Waals surface area (Å²) in [6.07, 6.45) is 0.929. The van der Waals surface area contributed by atoms with E-state index in [0.29, 0.717) is 8.67 Å². The summed E-state index contributed by atoms with van der Waals surface area (Å²) in [6, 6.07) is 7.76. The van der Waals surface area contributed by atoms with Crippen molar-refractivity contribution in [1.29, 1.82) is 0 Å². The van der Waals surface area contributed by atoms with Gasteiger partial charge in [0.2, 0.25) is 0 Å². The molecule has 3 rings (SSSR count). The molecule has 3 nitrogen and oxygen atoms in total. The molecule has 2 aromatic rings. The van der Waals surface area contributed by atoms with Gasteiger partial charge in [-0.15, -0.1) is 11.3 Å². The van der Waals surface area contributed by atoms with Crippen LogP contribution < -0.4 is 16.0 Å². The minimum absolute atomic E-state index is 0.165. The molecule has 100 valence electrons. The lowest BCUT2D eigenvalue weighted by Gasteiger charge is -2.16. The van der Waals surface area contributed by atoms with Crippen LogP contribution in [0.15, 0.2) is 24.3 Å². The van der Waals surface area contributed by atoms with E-state index in [4.69, 9.17) is 33.8 Å². The number of halogens is 2. The van der Waals surface area contributed by atoms with Crippen molar-refractivity contribution in [3.8, 4) is 5.75 Å². The summed E-state index contributed by atoms with van der Waals surface area (Å²) in [5, 5.41) is 0. The first-order valence-electron chi connectivity index (χ1n) is 5.85. The van der Waals surface area contributed by atoms with Gasteiger partial charge < -0.3 is 4.74 Å². The number of hydrazine groups is 1. The lowest BCUT2D eigenvalue weighted by atomic mass is 9.99. The Morgan fingerprint density at radius 1 is 1.32 bits per heavy atom. The Morgan fingerprint density at radius 2 is 2.16 bits per heavy atom. The zero-order chi connectivity index (χ0) is 13.4. The van der Waals surface area contributed by atoms with Gasteiger partial charge in [0, 0.05) is 12.0 Å². The van der Waals surface area contributed by atoms with Gasteiger partial charge in [-0.3, -0.25) is 5.84 Å². The molecule has 3 N–H and O–H groups in total. The molecule has 2 heterocycles. The maximum atomic E-state index is 6.20. The van der Waals surface area contributed by atoms with Crippen molar-refractivity contribution in [2.24, 2.45) is 5.84 Å². The normalized spacial score (nSPS) is 15.1. The molecule has 0 saturated heterocycles. The van der Waals surface area contributed by atoms with Crippen molar-refractivity contribution in [3.05, 3.63) is 49.6 Å². The largest absolute Gasteiger partial charge is 0.493 e. The predicted molar refractivity (Wildman–Crippen MR) is 79.1 cm³/mol. The van der Waals surface area contributed by atoms with E-state index in [1.165, 1.54) is 16.9 Å². The molecule has 0 radical (unpaired) electrons. The molecule has 0 fully saturated rings. The lowest BCUT2D eigenvalue weighted by Crippen LogP contribution is -2.28. The summed E-state index contributed by atoms with van der Waals surface area (Å²) in [4.78, 5) is 0. The standard InChI is InChI=1S/C13H12Cl2N2OS/c14-11-6-9(13(15)19-11)12(17-16)8-1-2-10-7(5-8)3-4-18-10/h1-2,5-6,12,17H,3-4,16H2. The zero-order valence-electron chi connectivity index (χ0n) is 9.95. The van der Waals surface area contributed by atoms with Crippen molar-refractivity contribution < 1.29 is 4.74 Å². The summed E-state index contributed by atoms with van der Waals surface area (Å²) < 4.78 is 6.82. The first-order chi connectivity index (χ1) is 9.19. The Kier molecular flexibility index (Phi) is 3.69. The smallest absolute Gasteiger partial charge is 0.122 e. The second-order valence-corrected chi connectivity index (χ2v) is 6.63. The summed E-state index contributed by atoms with van der Waals surface area (Å²) in [6.45, 7) is 0.741. The fourth-order valence-corrected chi connectivity index (χ4v) is 3.83. The number of nitrogens with two attached hydrogens (primary N) is 1. The molecule has 1 aliphatic rings. The molecule has 1 aromatic heterocycles. The Hall–Kier alpha value is -0.780. The van der Waals surface area contributed by atoms with Crippen LogP contribution in [0.3, 0.4) is 0 Å². The third-order valence-electron chi connectivity index (χ3n) is 3.21. The monoisotopic (exact) mass is 314 g/mol. The van der Waals surface area contributed by atoms with Crippen molar-refractivity contribution in [1.82, 2.24) is 5.43 Å². The van der Waals surface area contributed by atoms with Crippen LogP contribution in [0.1, 0.15) is 22.7 Å². The number of hydrogen-bond donors (Lipinski definition) is 2. The molecular weight excluding hydrogens is 303 g/mol. The quantitative estimate of drug-likeness (QED) is 0.673. The van der Waals surface area contributed by atoms with Gasteiger partial charge in [0.15, 0.2) is 0 Å². The van der Waals surface area contributed by atoms with E-state index in [2.05, 4.69) is 11.5 Å². The van der Waals surface area contributed by atoms with E-state index < -0.39 is 0 Å². The maximum absolute atomic E-state index is 6.20. The van der Waals surface area contributed by atoms with Crippen LogP contribution in [0.4, 0.5) is 0 Å². The third kappa shape index (κ3) is 2.47. The molecule has 1 aliphatic heterocycles. The number of nitrogens with one attached hydrogen (secondary N) is 1. The highest BCUT2D eigenvalue weighted by Crippen LogP contribution is 2.38. The average Bonchev–Trinajstić information content (AvgIpc) is 2.97. The fraction of sp³-hybridized carbons (Fsp3) is 0.231. The molecule has 6 heteroatoms. The highest BCUT2D eigenvalue weighted by molar-refractivity contribution is 7.20. The summed E-state index contributed by atoms with van der Waals surface area (Å²) >= 11 is 13.5. The van der Waals surface area contributed by atoms with E-state index in [1.54, 1.807) is 0 Å². The van der Waals surface area contributed by atoms with Crippen LogP contribution in [0, 0.1) is 0 Å². The molecule has 0 spiro atoms. The number of rotatable bonds is 3. The van der Waals surface area contributed by atoms with Gasteiger partial charge in [-0.2, -0.15) is 0 Å². The van der Waals surface area contributed by atoms with E-state index in [1.807, 2.05) is 18.2 Å². The highest BCUT2D eigenvalue weighted by atomic mass is 35.5. The van der Waals surface area contributed by atoms with E-state index in [0.717, 1.165) is 29.9 Å². The van der Waals surface area contributed by atoms with E-state index in [-0.39, 0.29) is 6.04 Å². The number of thiophene rings is 1. The molecule has 1 unspecified atom stereocenters. The molecule has 0 aliphatic carbocycles. The van der Waals surface area contributed by atoms with Crippen LogP contribution in [-0.2, 0) is 6.42 Å². The predicted octanol–water partition coefficient (Wildman–Crippen LogP) is 3.54. The van der Waals surface area contributed by atoms with Gasteiger partial charge in [-0.1, -0.05) is 35.3 Å². The molecule has 1 atom stereocenters. The van der Waals surface area contributed by atoms with Crippen molar-refractivity contribution >= 4 is 34.5 Å². The lowest BCUT2D eigenvalue weighted by molar-refractivity contribution is 0.357.